The number of alkyl halides is 6. The summed E-state index contributed by atoms with van der Waals surface area (Å²) in [7, 11) is 0. The van der Waals surface area contributed by atoms with E-state index in [1.807, 2.05) is 42.2 Å². The van der Waals surface area contributed by atoms with E-state index in [0.717, 1.165) is 90.4 Å². The Morgan fingerprint density at radius 1 is 0.672 bits per heavy atom. The van der Waals surface area contributed by atoms with Gasteiger partial charge in [0.05, 0.1) is 28.6 Å². The van der Waals surface area contributed by atoms with Crippen molar-refractivity contribution < 1.29 is 45.8 Å². The van der Waals surface area contributed by atoms with Crippen LogP contribution in [0.5, 0.6) is 0 Å². The molecule has 5 unspecified atom stereocenters. The average molecular weight is 891 g/mol. The molecule has 64 heavy (non-hydrogen) atoms. The van der Waals surface area contributed by atoms with Gasteiger partial charge in [-0.2, -0.15) is 26.3 Å². The fourth-order valence-corrected chi connectivity index (χ4v) is 10.1. The normalized spacial score (nSPS) is 24.4. The molecule has 2 fully saturated rings. The van der Waals surface area contributed by atoms with Gasteiger partial charge < -0.3 is 25.5 Å². The van der Waals surface area contributed by atoms with Crippen LogP contribution in [0.4, 0.5) is 37.7 Å². The zero-order chi connectivity index (χ0) is 46.5. The summed E-state index contributed by atoms with van der Waals surface area (Å²) in [5.41, 5.74) is 4.70. The number of nitrogens with one attached hydrogen (secondary N) is 2. The maximum atomic E-state index is 13.5. The number of nitrogens with zero attached hydrogens (tertiary/aromatic N) is 2. The molecular formula is C50H56F6N4O4. The highest BCUT2D eigenvalue weighted by Crippen LogP contribution is 2.45. The Hall–Kier alpha value is -5.37. The molecule has 0 radical (unpaired) electrons. The third-order valence-corrected chi connectivity index (χ3v) is 13.7. The number of benzene rings is 4. The van der Waals surface area contributed by atoms with Crippen molar-refractivity contribution in [2.75, 3.05) is 22.9 Å². The quantitative estimate of drug-likeness (QED) is 0.167. The highest BCUT2D eigenvalue weighted by atomic mass is 19.4. The first kappa shape index (κ1) is 46.6. The summed E-state index contributed by atoms with van der Waals surface area (Å²) >= 11 is 0. The molecule has 0 spiro atoms. The predicted molar refractivity (Wildman–Crippen MR) is 234 cm³/mol. The zero-order valence-electron chi connectivity index (χ0n) is 37.1. The molecule has 342 valence electrons. The smallest absolute Gasteiger partial charge is 0.373 e. The van der Waals surface area contributed by atoms with Crippen molar-refractivity contribution in [3.63, 3.8) is 0 Å². The Morgan fingerprint density at radius 2 is 1.16 bits per heavy atom. The molecule has 4 aromatic carbocycles. The van der Waals surface area contributed by atoms with Crippen molar-refractivity contribution in [1.82, 2.24) is 10.6 Å². The van der Waals surface area contributed by atoms with Crippen molar-refractivity contribution >= 4 is 29.1 Å². The van der Waals surface area contributed by atoms with E-state index in [1.165, 1.54) is 19.9 Å². The Morgan fingerprint density at radius 3 is 1.67 bits per heavy atom. The van der Waals surface area contributed by atoms with Crippen LogP contribution < -0.4 is 20.4 Å². The first-order valence-electron chi connectivity index (χ1n) is 21.9. The van der Waals surface area contributed by atoms with Gasteiger partial charge in [0.2, 0.25) is 17.7 Å². The third kappa shape index (κ3) is 9.39. The maximum absolute atomic E-state index is 13.5. The average Bonchev–Trinajstić information content (AvgIpc) is 3.70. The number of hydrogen-bond donors (Lipinski definition) is 3. The zero-order valence-corrected chi connectivity index (χ0v) is 37.1. The van der Waals surface area contributed by atoms with Gasteiger partial charge in [-0.25, -0.2) is 0 Å². The van der Waals surface area contributed by atoms with Gasteiger partial charge in [-0.3, -0.25) is 14.4 Å². The number of aryl methyl sites for hydroxylation is 4. The van der Waals surface area contributed by atoms with Crippen LogP contribution in [0.1, 0.15) is 134 Å². The van der Waals surface area contributed by atoms with Gasteiger partial charge in [0.15, 0.2) is 0 Å². The van der Waals surface area contributed by atoms with Gasteiger partial charge >= 0.3 is 12.4 Å². The molecule has 3 N–H and O–H groups in total. The van der Waals surface area contributed by atoms with Crippen LogP contribution in [0.3, 0.4) is 0 Å². The number of amides is 3. The first-order chi connectivity index (χ1) is 30.0. The summed E-state index contributed by atoms with van der Waals surface area (Å²) in [5, 5.41) is 17.2. The Balaban J connectivity index is 0.000000191. The minimum atomic E-state index is -4.46. The number of fused-ring (bicyclic) bond motifs is 2. The number of carbonyl (C=O) groups excluding carboxylic acids is 3. The summed E-state index contributed by atoms with van der Waals surface area (Å²) in [6, 6.07) is 19.7. The van der Waals surface area contributed by atoms with Crippen LogP contribution in [0.2, 0.25) is 0 Å². The van der Waals surface area contributed by atoms with Gasteiger partial charge in [-0.15, -0.1) is 0 Å². The third-order valence-electron chi connectivity index (χ3n) is 13.7. The SMILES string of the molecule is CC(=O)NC1CCCc2cc(N3CCC(C)(c4cc(C)cc(C(F)(F)F)c4)C3=O)ccc21.CC(=O)NC1CCCc2cc(N3CCC(C)(c4cc(C)cc(C(F)(F)F)c4)C3O)ccc21. The van der Waals surface area contributed by atoms with Crippen molar-refractivity contribution in [2.24, 2.45) is 0 Å². The molecule has 8 rings (SSSR count). The summed E-state index contributed by atoms with van der Waals surface area (Å²) in [4.78, 5) is 40.1. The van der Waals surface area contributed by atoms with Crippen LogP contribution >= 0.6 is 0 Å². The molecule has 2 aliphatic heterocycles. The lowest BCUT2D eigenvalue weighted by Crippen LogP contribution is -2.41. The maximum Gasteiger partial charge on any atom is 0.416 e. The lowest BCUT2D eigenvalue weighted by molar-refractivity contribution is -0.138. The van der Waals surface area contributed by atoms with E-state index in [4.69, 9.17) is 0 Å². The van der Waals surface area contributed by atoms with E-state index in [2.05, 4.69) is 16.7 Å². The Kier molecular flexibility index (Phi) is 12.8. The molecule has 8 nitrogen and oxygen atoms in total. The number of aliphatic hydroxyl groups excluding tert-OH is 1. The molecule has 0 aromatic heterocycles. The van der Waals surface area contributed by atoms with E-state index in [1.54, 1.807) is 37.8 Å². The second-order valence-corrected chi connectivity index (χ2v) is 18.5. The number of aliphatic hydroxyl groups is 1. The van der Waals surface area contributed by atoms with Gasteiger partial charge in [0, 0.05) is 43.7 Å². The summed E-state index contributed by atoms with van der Waals surface area (Å²) in [6.45, 7) is 10.8. The van der Waals surface area contributed by atoms with E-state index in [0.29, 0.717) is 48.2 Å². The number of halogens is 6. The second-order valence-electron chi connectivity index (χ2n) is 18.5. The Labute approximate surface area is 370 Å². The molecular weight excluding hydrogens is 835 g/mol. The summed E-state index contributed by atoms with van der Waals surface area (Å²) in [5.74, 6) is -0.326. The van der Waals surface area contributed by atoms with Crippen molar-refractivity contribution in [3.05, 3.63) is 128 Å². The lowest BCUT2D eigenvalue weighted by Gasteiger charge is -2.34. The Bertz CT molecular complexity index is 2450. The van der Waals surface area contributed by atoms with Gasteiger partial charge in [-0.05, 0) is 154 Å². The molecule has 5 atom stereocenters. The molecule has 3 amide bonds. The van der Waals surface area contributed by atoms with E-state index in [9.17, 15) is 45.8 Å². The molecule has 2 heterocycles. The van der Waals surface area contributed by atoms with Gasteiger partial charge in [0.25, 0.3) is 0 Å². The fourth-order valence-electron chi connectivity index (χ4n) is 10.1. The van der Waals surface area contributed by atoms with Crippen LogP contribution in [-0.4, -0.2) is 42.1 Å². The summed E-state index contributed by atoms with van der Waals surface area (Å²) < 4.78 is 80.2. The van der Waals surface area contributed by atoms with E-state index < -0.39 is 40.5 Å². The van der Waals surface area contributed by atoms with E-state index in [-0.39, 0.29) is 29.8 Å². The summed E-state index contributed by atoms with van der Waals surface area (Å²) in [6.07, 6.45) is -3.41. The lowest BCUT2D eigenvalue weighted by atomic mass is 9.79. The number of anilines is 2. The van der Waals surface area contributed by atoms with Crippen LogP contribution in [0, 0.1) is 13.8 Å². The fraction of sp³-hybridized carbons (Fsp3) is 0.460. The van der Waals surface area contributed by atoms with Crippen LogP contribution in [-0.2, 0) is 50.4 Å². The molecule has 14 heteroatoms. The van der Waals surface area contributed by atoms with Gasteiger partial charge in [-0.1, -0.05) is 42.3 Å². The predicted octanol–water partition coefficient (Wildman–Crippen LogP) is 10.2. The highest BCUT2D eigenvalue weighted by molar-refractivity contribution is 6.03. The van der Waals surface area contributed by atoms with Crippen molar-refractivity contribution in [2.45, 2.75) is 134 Å². The molecule has 4 aromatic rings. The topological polar surface area (TPSA) is 102 Å². The molecule has 0 bridgehead atoms. The first-order valence-corrected chi connectivity index (χ1v) is 21.9. The van der Waals surface area contributed by atoms with E-state index >= 15 is 0 Å². The van der Waals surface area contributed by atoms with Crippen LogP contribution in [0.15, 0.2) is 72.8 Å². The van der Waals surface area contributed by atoms with Crippen molar-refractivity contribution in [3.8, 4) is 0 Å². The minimum Gasteiger partial charge on any atom is -0.373 e. The monoisotopic (exact) mass is 890 g/mol. The highest BCUT2D eigenvalue weighted by Gasteiger charge is 2.47. The molecule has 2 saturated heterocycles. The largest absolute Gasteiger partial charge is 0.416 e. The molecule has 4 aliphatic rings. The van der Waals surface area contributed by atoms with Gasteiger partial charge in [0.1, 0.15) is 6.23 Å². The number of rotatable bonds is 6. The molecule has 0 saturated carbocycles. The second kappa shape index (κ2) is 17.5. The van der Waals surface area contributed by atoms with Crippen molar-refractivity contribution in [1.29, 1.82) is 0 Å². The standard InChI is InChI=1S/C25H29F3N2O2.C25H27F3N2O2/c2*1-15-11-18(14-19(12-15)25(26,27)28)24(3)9-10-30(23(24)32)20-7-8-21-17(13-20)5-4-6-22(21)29-16(2)31/h7-8,11-14,22-23,32H,4-6,9-10H2,1-3H3,(H,29,31);7-8,11-14,22H,4-6,9-10H2,1-3H3,(H,29,31). The van der Waals surface area contributed by atoms with Crippen LogP contribution in [0.25, 0.3) is 0 Å². The minimum absolute atomic E-state index is 0.00727. The number of carbonyl (C=O) groups is 3. The molecule has 2 aliphatic carbocycles. The number of hydrogen-bond acceptors (Lipinski definition) is 5.